The molecule has 1 heterocycles. The van der Waals surface area contributed by atoms with Crippen molar-refractivity contribution in [1.82, 2.24) is 9.78 Å². The number of hydrogen-bond donors (Lipinski definition) is 1. The monoisotopic (exact) mass is 258 g/mol. The second-order valence-corrected chi connectivity index (χ2v) is 4.77. The summed E-state index contributed by atoms with van der Waals surface area (Å²) in [6.07, 6.45) is 3.10. The van der Waals surface area contributed by atoms with Crippen LogP contribution in [-0.4, -0.2) is 16.3 Å². The predicted molar refractivity (Wildman–Crippen MR) is 78.9 cm³/mol. The molecule has 2 N–H and O–H groups in total. The molecule has 102 valence electrons. The fourth-order valence-electron chi connectivity index (χ4n) is 2.16. The molecular weight excluding hydrogens is 236 g/mol. The molecule has 0 bridgehead atoms. The van der Waals surface area contributed by atoms with Gasteiger partial charge in [-0.05, 0) is 30.2 Å². The van der Waals surface area contributed by atoms with Gasteiger partial charge in [0.15, 0.2) is 0 Å². The van der Waals surface area contributed by atoms with Crippen LogP contribution >= 0.6 is 0 Å². The molecule has 19 heavy (non-hydrogen) atoms. The molecule has 0 aliphatic carbocycles. The summed E-state index contributed by atoms with van der Waals surface area (Å²) >= 11 is 0. The number of hydrogen-bond acceptors (Lipinski definition) is 3. The molecule has 2 aromatic rings. The Bertz CT molecular complexity index is 501. The summed E-state index contributed by atoms with van der Waals surface area (Å²) in [6.45, 7) is 4.66. The maximum Gasteiger partial charge on any atom is 0.0817 e. The predicted octanol–water partition coefficient (Wildman–Crippen LogP) is 2.30. The molecule has 0 atom stereocenters. The summed E-state index contributed by atoms with van der Waals surface area (Å²) in [7, 11) is 1.95. The molecule has 0 spiro atoms. The van der Waals surface area contributed by atoms with Gasteiger partial charge in [0, 0.05) is 32.0 Å². The minimum atomic E-state index is 0.592. The van der Waals surface area contributed by atoms with Crippen molar-refractivity contribution in [3.8, 4) is 0 Å². The molecule has 1 aromatic heterocycles. The van der Waals surface area contributed by atoms with Gasteiger partial charge < -0.3 is 10.6 Å². The molecule has 0 saturated carbocycles. The minimum absolute atomic E-state index is 0.592. The topological polar surface area (TPSA) is 47.1 Å². The average molecular weight is 258 g/mol. The van der Waals surface area contributed by atoms with Crippen LogP contribution in [0.3, 0.4) is 0 Å². The molecule has 0 unspecified atom stereocenters. The van der Waals surface area contributed by atoms with Crippen molar-refractivity contribution >= 4 is 5.69 Å². The highest BCUT2D eigenvalue weighted by Gasteiger charge is 2.08. The summed E-state index contributed by atoms with van der Waals surface area (Å²) in [6, 6.07) is 10.5. The number of rotatable bonds is 6. The molecule has 0 aliphatic rings. The molecule has 0 fully saturated rings. The van der Waals surface area contributed by atoms with E-state index in [1.54, 1.807) is 0 Å². The van der Waals surface area contributed by atoms with Crippen LogP contribution in [0.5, 0.6) is 0 Å². The second kappa shape index (κ2) is 6.38. The molecule has 0 radical (unpaired) electrons. The lowest BCUT2D eigenvalue weighted by atomic mass is 10.2. The van der Waals surface area contributed by atoms with Gasteiger partial charge in [0.25, 0.3) is 0 Å². The van der Waals surface area contributed by atoms with E-state index in [1.165, 1.54) is 5.69 Å². The Labute approximate surface area is 114 Å². The number of aryl methyl sites for hydroxylation is 1. The highest BCUT2D eigenvalue weighted by molar-refractivity contribution is 5.47. The van der Waals surface area contributed by atoms with Gasteiger partial charge in [-0.3, -0.25) is 4.68 Å². The maximum absolute atomic E-state index is 5.63. The second-order valence-electron chi connectivity index (χ2n) is 4.77. The van der Waals surface area contributed by atoms with Gasteiger partial charge in [0.2, 0.25) is 0 Å². The van der Waals surface area contributed by atoms with Gasteiger partial charge in [-0.1, -0.05) is 19.1 Å². The lowest BCUT2D eigenvalue weighted by Crippen LogP contribution is -2.23. The molecular formula is C15H22N4. The summed E-state index contributed by atoms with van der Waals surface area (Å²) in [5.41, 5.74) is 9.12. The number of nitrogens with zero attached hydrogens (tertiary/aromatic N) is 3. The zero-order valence-corrected chi connectivity index (χ0v) is 11.7. The Morgan fingerprint density at radius 1 is 1.21 bits per heavy atom. The first-order chi connectivity index (χ1) is 9.22. The molecule has 2 rings (SSSR count). The van der Waals surface area contributed by atoms with Gasteiger partial charge in [-0.2, -0.15) is 5.10 Å². The van der Waals surface area contributed by atoms with Crippen molar-refractivity contribution < 1.29 is 0 Å². The van der Waals surface area contributed by atoms with E-state index in [9.17, 15) is 0 Å². The first kappa shape index (κ1) is 13.6. The quantitative estimate of drug-likeness (QED) is 0.865. The van der Waals surface area contributed by atoms with E-state index in [0.29, 0.717) is 6.54 Å². The van der Waals surface area contributed by atoms with E-state index in [2.05, 4.69) is 47.3 Å². The zero-order valence-electron chi connectivity index (χ0n) is 11.7. The third-order valence-electron chi connectivity index (χ3n) is 3.15. The summed E-state index contributed by atoms with van der Waals surface area (Å²) in [4.78, 5) is 2.35. The Kier molecular flexibility index (Phi) is 4.58. The fraction of sp³-hybridized carbons (Fsp3) is 0.400. The molecule has 0 saturated heterocycles. The molecule has 0 amide bonds. The van der Waals surface area contributed by atoms with Gasteiger partial charge in [-0.15, -0.1) is 0 Å². The van der Waals surface area contributed by atoms with Crippen LogP contribution in [0.25, 0.3) is 0 Å². The number of aromatic nitrogens is 2. The third kappa shape index (κ3) is 3.58. The van der Waals surface area contributed by atoms with E-state index < -0.39 is 0 Å². The lowest BCUT2D eigenvalue weighted by molar-refractivity contribution is 0.707. The van der Waals surface area contributed by atoms with Crippen molar-refractivity contribution in [1.29, 1.82) is 0 Å². The van der Waals surface area contributed by atoms with Gasteiger partial charge in [0.1, 0.15) is 0 Å². The summed E-state index contributed by atoms with van der Waals surface area (Å²) in [5.74, 6) is 0. The fourth-order valence-corrected chi connectivity index (χ4v) is 2.16. The SMILES string of the molecule is CCCN(Cc1ccn(C)n1)c1ccc(CN)cc1. The normalized spacial score (nSPS) is 10.7. The van der Waals surface area contributed by atoms with Crippen LogP contribution in [0, 0.1) is 0 Å². The molecule has 1 aromatic carbocycles. The van der Waals surface area contributed by atoms with Crippen molar-refractivity contribution in [2.45, 2.75) is 26.4 Å². The smallest absolute Gasteiger partial charge is 0.0817 e. The number of anilines is 1. The van der Waals surface area contributed by atoms with Gasteiger partial charge in [0.05, 0.1) is 12.2 Å². The highest BCUT2D eigenvalue weighted by Crippen LogP contribution is 2.18. The van der Waals surface area contributed by atoms with Gasteiger partial charge in [-0.25, -0.2) is 0 Å². The first-order valence-electron chi connectivity index (χ1n) is 6.75. The summed E-state index contributed by atoms with van der Waals surface area (Å²) < 4.78 is 1.84. The molecule has 4 nitrogen and oxygen atoms in total. The van der Waals surface area contributed by atoms with Crippen molar-refractivity contribution in [3.63, 3.8) is 0 Å². The Morgan fingerprint density at radius 3 is 2.47 bits per heavy atom. The van der Waals surface area contributed by atoms with Crippen LogP contribution in [0.4, 0.5) is 5.69 Å². The van der Waals surface area contributed by atoms with E-state index in [4.69, 9.17) is 5.73 Å². The Balaban J connectivity index is 2.13. The Hall–Kier alpha value is -1.81. The van der Waals surface area contributed by atoms with Gasteiger partial charge >= 0.3 is 0 Å². The van der Waals surface area contributed by atoms with Crippen LogP contribution in [0.2, 0.25) is 0 Å². The van der Waals surface area contributed by atoms with E-state index in [1.807, 2.05) is 17.9 Å². The zero-order chi connectivity index (χ0) is 13.7. The van der Waals surface area contributed by atoms with Crippen molar-refractivity contribution in [3.05, 3.63) is 47.8 Å². The lowest BCUT2D eigenvalue weighted by Gasteiger charge is -2.23. The van der Waals surface area contributed by atoms with E-state index in [-0.39, 0.29) is 0 Å². The standard InChI is InChI=1S/C15H22N4/c1-3-9-19(12-14-8-10-18(2)17-14)15-6-4-13(11-16)5-7-15/h4-8,10H,3,9,11-12,16H2,1-2H3. The van der Waals surface area contributed by atoms with E-state index >= 15 is 0 Å². The minimum Gasteiger partial charge on any atom is -0.366 e. The van der Waals surface area contributed by atoms with Crippen LogP contribution in [-0.2, 0) is 20.1 Å². The summed E-state index contributed by atoms with van der Waals surface area (Å²) in [5, 5.41) is 4.45. The average Bonchev–Trinajstić information content (AvgIpc) is 2.84. The number of benzene rings is 1. The van der Waals surface area contributed by atoms with Crippen LogP contribution < -0.4 is 10.6 Å². The Morgan fingerprint density at radius 2 is 1.95 bits per heavy atom. The number of nitrogens with two attached hydrogens (primary N) is 1. The largest absolute Gasteiger partial charge is 0.366 e. The molecule has 0 aliphatic heterocycles. The first-order valence-corrected chi connectivity index (χ1v) is 6.75. The molecule has 4 heteroatoms. The van der Waals surface area contributed by atoms with Crippen molar-refractivity contribution in [2.24, 2.45) is 12.8 Å². The van der Waals surface area contributed by atoms with Crippen molar-refractivity contribution in [2.75, 3.05) is 11.4 Å². The third-order valence-corrected chi connectivity index (χ3v) is 3.15. The van der Waals surface area contributed by atoms with Crippen LogP contribution in [0.15, 0.2) is 36.5 Å². The maximum atomic E-state index is 5.63. The highest BCUT2D eigenvalue weighted by atomic mass is 15.3. The van der Waals surface area contributed by atoms with Crippen LogP contribution in [0.1, 0.15) is 24.6 Å². The van der Waals surface area contributed by atoms with E-state index in [0.717, 1.165) is 30.8 Å².